The lowest BCUT2D eigenvalue weighted by molar-refractivity contribution is 0.300. The minimum absolute atomic E-state index is 0.0622. The highest BCUT2D eigenvalue weighted by molar-refractivity contribution is 7.89. The molecule has 0 radical (unpaired) electrons. The molecule has 1 N–H and O–H groups in total. The highest BCUT2D eigenvalue weighted by atomic mass is 32.2. The Bertz CT molecular complexity index is 1250. The van der Waals surface area contributed by atoms with Crippen molar-refractivity contribution in [1.82, 2.24) is 4.31 Å². The van der Waals surface area contributed by atoms with Gasteiger partial charge >= 0.3 is 0 Å². The molecule has 1 heterocycles. The minimum Gasteiger partial charge on any atom is -0.504 e. The maximum atomic E-state index is 14.2. The van der Waals surface area contributed by atoms with Gasteiger partial charge in [-0.15, -0.1) is 0 Å². The van der Waals surface area contributed by atoms with Gasteiger partial charge in [-0.2, -0.15) is 4.31 Å². The number of nitrogens with zero attached hydrogens (tertiary/aromatic N) is 2. The predicted octanol–water partition coefficient (Wildman–Crippen LogP) is 5.31. The number of sulfonamides is 1. The van der Waals surface area contributed by atoms with Crippen molar-refractivity contribution in [2.75, 3.05) is 25.7 Å². The highest BCUT2D eigenvalue weighted by Gasteiger charge is 2.39. The fraction of sp³-hybridized carbons (Fsp3) is 0.333. The average molecular weight is 497 g/mol. The normalized spacial score (nSPS) is 17.5. The fourth-order valence-corrected chi connectivity index (χ4v) is 6.32. The molecule has 1 unspecified atom stereocenters. The molecule has 1 aliphatic rings. The van der Waals surface area contributed by atoms with E-state index in [1.54, 1.807) is 17.5 Å². The Morgan fingerprint density at radius 1 is 1.00 bits per heavy atom. The molecule has 3 aromatic carbocycles. The van der Waals surface area contributed by atoms with Crippen LogP contribution in [0.4, 0.5) is 11.4 Å². The number of hydrogen-bond donors (Lipinski definition) is 1. The lowest BCUT2D eigenvalue weighted by atomic mass is 10.1. The molecule has 4 rings (SSSR count). The van der Waals surface area contributed by atoms with Gasteiger partial charge in [0.15, 0.2) is 11.5 Å². The number of aromatic hydroxyl groups is 1. The molecule has 8 heteroatoms. The summed E-state index contributed by atoms with van der Waals surface area (Å²) >= 11 is 0. The molecule has 35 heavy (non-hydrogen) atoms. The maximum absolute atomic E-state index is 14.2. The summed E-state index contributed by atoms with van der Waals surface area (Å²) in [6, 6.07) is 19.8. The average Bonchev–Trinajstić information content (AvgIpc) is 2.96. The number of rotatable bonds is 8. The third-order valence-corrected chi connectivity index (χ3v) is 8.32. The summed E-state index contributed by atoms with van der Waals surface area (Å²) in [5, 5.41) is 10.5. The van der Waals surface area contributed by atoms with Crippen LogP contribution in [-0.2, 0) is 16.6 Å². The molecule has 0 spiro atoms. The van der Waals surface area contributed by atoms with E-state index >= 15 is 0 Å². The van der Waals surface area contributed by atoms with Gasteiger partial charge in [0.2, 0.25) is 10.0 Å². The molecule has 186 valence electrons. The molecular formula is C27H32N2O5S. The van der Waals surface area contributed by atoms with Crippen molar-refractivity contribution in [2.45, 2.75) is 43.7 Å². The highest BCUT2D eigenvalue weighted by Crippen LogP contribution is 2.44. The first-order valence-electron chi connectivity index (χ1n) is 11.8. The topological polar surface area (TPSA) is 79.3 Å². The van der Waals surface area contributed by atoms with Gasteiger partial charge in [0, 0.05) is 37.0 Å². The van der Waals surface area contributed by atoms with Crippen LogP contribution in [0.1, 0.15) is 31.7 Å². The van der Waals surface area contributed by atoms with Crippen molar-refractivity contribution in [3.05, 3.63) is 72.3 Å². The van der Waals surface area contributed by atoms with Gasteiger partial charge in [-0.1, -0.05) is 50.1 Å². The molecule has 0 aliphatic carbocycles. The van der Waals surface area contributed by atoms with E-state index in [9.17, 15) is 13.5 Å². The Kier molecular flexibility index (Phi) is 7.52. The zero-order valence-electron chi connectivity index (χ0n) is 20.3. The smallest absolute Gasteiger partial charge is 0.245 e. The zero-order valence-corrected chi connectivity index (χ0v) is 21.2. The van der Waals surface area contributed by atoms with Gasteiger partial charge in [-0.3, -0.25) is 0 Å². The number of phenolic OH excluding ortho intramolecular Hbond substituents is 1. The quantitative estimate of drug-likeness (QED) is 0.455. The summed E-state index contributed by atoms with van der Waals surface area (Å²) in [7, 11) is -0.896. The Morgan fingerprint density at radius 2 is 1.71 bits per heavy atom. The Balaban J connectivity index is 1.88. The van der Waals surface area contributed by atoms with E-state index in [-0.39, 0.29) is 29.0 Å². The largest absolute Gasteiger partial charge is 0.504 e. The van der Waals surface area contributed by atoms with E-state index in [1.807, 2.05) is 59.5 Å². The molecule has 3 aromatic rings. The van der Waals surface area contributed by atoms with Gasteiger partial charge in [0.1, 0.15) is 10.6 Å². The van der Waals surface area contributed by atoms with Crippen molar-refractivity contribution in [3.63, 3.8) is 0 Å². The van der Waals surface area contributed by atoms with Crippen LogP contribution in [-0.4, -0.2) is 44.6 Å². The molecule has 0 bridgehead atoms. The Morgan fingerprint density at radius 3 is 2.34 bits per heavy atom. The summed E-state index contributed by atoms with van der Waals surface area (Å²) in [6.45, 7) is 2.79. The van der Waals surface area contributed by atoms with Crippen molar-refractivity contribution in [3.8, 4) is 17.2 Å². The van der Waals surface area contributed by atoms with Crippen LogP contribution in [0, 0.1) is 0 Å². The van der Waals surface area contributed by atoms with Gasteiger partial charge < -0.3 is 19.5 Å². The lowest BCUT2D eigenvalue weighted by Crippen LogP contribution is -2.43. The van der Waals surface area contributed by atoms with Crippen LogP contribution in [0.5, 0.6) is 17.2 Å². The molecule has 0 aromatic heterocycles. The van der Waals surface area contributed by atoms with Gasteiger partial charge in [-0.05, 0) is 36.2 Å². The fourth-order valence-electron chi connectivity index (χ4n) is 4.49. The molecule has 0 amide bonds. The summed E-state index contributed by atoms with van der Waals surface area (Å²) in [6.07, 6.45) is 2.57. The van der Waals surface area contributed by atoms with E-state index in [0.717, 1.165) is 24.1 Å². The Labute approximate surface area is 207 Å². The van der Waals surface area contributed by atoms with E-state index in [1.165, 1.54) is 13.2 Å². The number of para-hydroxylation sites is 1. The van der Waals surface area contributed by atoms with E-state index in [4.69, 9.17) is 9.47 Å². The number of methoxy groups -OCH3 is 2. The third-order valence-electron chi connectivity index (χ3n) is 6.39. The summed E-state index contributed by atoms with van der Waals surface area (Å²) in [5.74, 6) is 0.737. The standard InChI is InChI=1S/C27H32N2O5S/c1-4-5-9-22-19-28(21-10-7-6-8-11-21)24-16-26(34-3)25(30)17-27(24)35(31,32)29(22)18-20-12-14-23(33-2)15-13-20/h6-8,10-17,22,30H,4-5,9,18-19H2,1-3H3. The molecule has 0 saturated carbocycles. The first-order valence-corrected chi connectivity index (χ1v) is 13.2. The second-order valence-electron chi connectivity index (χ2n) is 8.63. The number of phenols is 1. The van der Waals surface area contributed by atoms with E-state index in [0.29, 0.717) is 24.4 Å². The van der Waals surface area contributed by atoms with Gasteiger partial charge in [-0.25, -0.2) is 8.42 Å². The van der Waals surface area contributed by atoms with Crippen LogP contribution >= 0.6 is 0 Å². The molecule has 0 saturated heterocycles. The molecule has 1 atom stereocenters. The SMILES string of the molecule is CCCCC1CN(c2ccccc2)c2cc(OC)c(O)cc2S(=O)(=O)N1Cc1ccc(OC)cc1. The summed E-state index contributed by atoms with van der Waals surface area (Å²) in [5.41, 5.74) is 2.23. The van der Waals surface area contributed by atoms with Crippen LogP contribution in [0.2, 0.25) is 0 Å². The third kappa shape index (κ3) is 5.09. The minimum atomic E-state index is -3.96. The first-order chi connectivity index (χ1) is 16.9. The van der Waals surface area contributed by atoms with Crippen molar-refractivity contribution in [1.29, 1.82) is 0 Å². The first kappa shape index (κ1) is 24.9. The van der Waals surface area contributed by atoms with Crippen LogP contribution in [0.3, 0.4) is 0 Å². The van der Waals surface area contributed by atoms with Crippen LogP contribution in [0.15, 0.2) is 71.6 Å². The van der Waals surface area contributed by atoms with Crippen LogP contribution in [0.25, 0.3) is 0 Å². The number of benzene rings is 3. The Hall–Kier alpha value is -3.23. The number of hydrogen-bond acceptors (Lipinski definition) is 6. The van der Waals surface area contributed by atoms with Gasteiger partial charge in [0.05, 0.1) is 19.9 Å². The molecule has 7 nitrogen and oxygen atoms in total. The second kappa shape index (κ2) is 10.6. The lowest BCUT2D eigenvalue weighted by Gasteiger charge is -2.31. The van der Waals surface area contributed by atoms with E-state index in [2.05, 4.69) is 6.92 Å². The molecular weight excluding hydrogens is 464 g/mol. The predicted molar refractivity (Wildman–Crippen MR) is 137 cm³/mol. The maximum Gasteiger partial charge on any atom is 0.245 e. The summed E-state index contributed by atoms with van der Waals surface area (Å²) < 4.78 is 40.5. The van der Waals surface area contributed by atoms with Crippen molar-refractivity contribution < 1.29 is 23.0 Å². The van der Waals surface area contributed by atoms with Crippen LogP contribution < -0.4 is 14.4 Å². The second-order valence-corrected chi connectivity index (χ2v) is 10.5. The molecule has 1 aliphatic heterocycles. The number of anilines is 2. The van der Waals surface area contributed by atoms with Gasteiger partial charge in [0.25, 0.3) is 0 Å². The number of unbranched alkanes of at least 4 members (excludes halogenated alkanes) is 1. The number of ether oxygens (including phenoxy) is 2. The van der Waals surface area contributed by atoms with Crippen molar-refractivity contribution >= 4 is 21.4 Å². The number of fused-ring (bicyclic) bond motifs is 1. The molecule has 0 fully saturated rings. The zero-order chi connectivity index (χ0) is 25.0. The monoisotopic (exact) mass is 496 g/mol. The van der Waals surface area contributed by atoms with Crippen molar-refractivity contribution in [2.24, 2.45) is 0 Å². The van der Waals surface area contributed by atoms with E-state index < -0.39 is 10.0 Å². The summed E-state index contributed by atoms with van der Waals surface area (Å²) in [4.78, 5) is 2.08.